The molecule has 1 N–H and O–H groups in total. The lowest BCUT2D eigenvalue weighted by molar-refractivity contribution is 0.143. The van der Waals surface area contributed by atoms with Crippen LogP contribution in [-0.2, 0) is 0 Å². The van der Waals surface area contributed by atoms with Crippen molar-refractivity contribution in [2.45, 2.75) is 6.92 Å². The molecule has 1 aromatic carbocycles. The Bertz CT molecular complexity index is 518. The molecule has 0 unspecified atom stereocenters. The van der Waals surface area contributed by atoms with E-state index in [0.29, 0.717) is 5.76 Å². The van der Waals surface area contributed by atoms with Gasteiger partial charge >= 0.3 is 6.16 Å². The van der Waals surface area contributed by atoms with Gasteiger partial charge in [-0.2, -0.15) is 4.98 Å². The fourth-order valence-corrected chi connectivity index (χ4v) is 1.37. The molecule has 0 bridgehead atoms. The van der Waals surface area contributed by atoms with E-state index in [9.17, 15) is 4.79 Å². The van der Waals surface area contributed by atoms with Crippen molar-refractivity contribution < 1.29 is 19.1 Å². The van der Waals surface area contributed by atoms with Crippen LogP contribution < -0.4 is 4.74 Å². The molecule has 16 heavy (non-hydrogen) atoms. The van der Waals surface area contributed by atoms with Crippen molar-refractivity contribution in [3.05, 3.63) is 36.2 Å². The molecule has 2 aromatic rings. The van der Waals surface area contributed by atoms with Crippen LogP contribution in [0.1, 0.15) is 5.56 Å². The zero-order valence-electron chi connectivity index (χ0n) is 8.51. The van der Waals surface area contributed by atoms with Crippen LogP contribution in [0.3, 0.4) is 0 Å². The lowest BCUT2D eigenvalue weighted by atomic mass is 10.1. The van der Waals surface area contributed by atoms with Crippen molar-refractivity contribution >= 4 is 6.16 Å². The van der Waals surface area contributed by atoms with E-state index in [1.807, 2.05) is 25.1 Å². The smallest absolute Gasteiger partial charge is 0.449 e. The second kappa shape index (κ2) is 4.06. The Morgan fingerprint density at radius 3 is 3.00 bits per heavy atom. The maximum atomic E-state index is 10.4. The van der Waals surface area contributed by atoms with E-state index in [0.717, 1.165) is 17.5 Å². The lowest BCUT2D eigenvalue weighted by Gasteiger charge is -2.00. The Balaban J connectivity index is 2.40. The highest BCUT2D eigenvalue weighted by atomic mass is 16.7. The molecule has 0 saturated heterocycles. The number of benzene rings is 1. The third-order valence-electron chi connectivity index (χ3n) is 2.00. The molecule has 1 heterocycles. The molecule has 5 heteroatoms. The minimum absolute atomic E-state index is 0.0434. The van der Waals surface area contributed by atoms with Crippen molar-refractivity contribution in [2.24, 2.45) is 0 Å². The standard InChI is InChI=1S/C11H9NO4/c1-7-3-2-4-8(5-7)9-10(12-6-15-9)16-11(13)14/h2-6H,1H3,(H,13,14). The summed E-state index contributed by atoms with van der Waals surface area (Å²) in [7, 11) is 0. The first-order chi connectivity index (χ1) is 7.66. The van der Waals surface area contributed by atoms with Gasteiger partial charge in [0.25, 0.3) is 5.88 Å². The monoisotopic (exact) mass is 219 g/mol. The van der Waals surface area contributed by atoms with Gasteiger partial charge in [0.1, 0.15) is 0 Å². The number of aryl methyl sites for hydroxylation is 1. The average molecular weight is 219 g/mol. The fraction of sp³-hybridized carbons (Fsp3) is 0.0909. The van der Waals surface area contributed by atoms with Gasteiger partial charge in [-0.1, -0.05) is 23.8 Å². The van der Waals surface area contributed by atoms with E-state index < -0.39 is 6.16 Å². The van der Waals surface area contributed by atoms with Gasteiger partial charge in [-0.3, -0.25) is 0 Å². The summed E-state index contributed by atoms with van der Waals surface area (Å²) in [5.74, 6) is 0.268. The summed E-state index contributed by atoms with van der Waals surface area (Å²) in [6, 6.07) is 7.42. The summed E-state index contributed by atoms with van der Waals surface area (Å²) in [6.45, 7) is 1.93. The normalized spacial score (nSPS) is 10.1. The van der Waals surface area contributed by atoms with Gasteiger partial charge in [-0.05, 0) is 13.0 Å². The van der Waals surface area contributed by atoms with Crippen LogP contribution in [0.2, 0.25) is 0 Å². The van der Waals surface area contributed by atoms with Crippen molar-refractivity contribution in [1.82, 2.24) is 4.98 Å². The van der Waals surface area contributed by atoms with Crippen LogP contribution in [-0.4, -0.2) is 16.2 Å². The number of oxazole rings is 1. The fourth-order valence-electron chi connectivity index (χ4n) is 1.37. The first kappa shape index (κ1) is 10.2. The largest absolute Gasteiger partial charge is 0.512 e. The Hall–Kier alpha value is -2.30. The number of nitrogens with zero attached hydrogens (tertiary/aromatic N) is 1. The Morgan fingerprint density at radius 2 is 2.31 bits per heavy atom. The molecular formula is C11H9NO4. The lowest BCUT2D eigenvalue weighted by Crippen LogP contribution is -2.03. The molecule has 2 rings (SSSR count). The average Bonchev–Trinajstić information content (AvgIpc) is 2.65. The molecule has 0 saturated carbocycles. The van der Waals surface area contributed by atoms with E-state index in [1.165, 1.54) is 0 Å². The molecule has 0 spiro atoms. The molecule has 0 radical (unpaired) electrons. The van der Waals surface area contributed by atoms with E-state index >= 15 is 0 Å². The molecule has 0 aliphatic heterocycles. The van der Waals surface area contributed by atoms with Gasteiger partial charge in [0, 0.05) is 5.56 Å². The maximum absolute atomic E-state index is 10.4. The van der Waals surface area contributed by atoms with Crippen LogP contribution in [0.25, 0.3) is 11.3 Å². The minimum atomic E-state index is -1.41. The first-order valence-electron chi connectivity index (χ1n) is 4.58. The van der Waals surface area contributed by atoms with Crippen LogP contribution in [0.15, 0.2) is 35.1 Å². The predicted octanol–water partition coefficient (Wildman–Crippen LogP) is 2.71. The van der Waals surface area contributed by atoms with E-state index in [2.05, 4.69) is 9.72 Å². The molecule has 0 aliphatic rings. The van der Waals surface area contributed by atoms with Crippen LogP contribution >= 0.6 is 0 Å². The highest BCUT2D eigenvalue weighted by molar-refractivity contribution is 5.68. The van der Waals surface area contributed by atoms with E-state index in [-0.39, 0.29) is 5.88 Å². The molecule has 0 amide bonds. The van der Waals surface area contributed by atoms with Gasteiger partial charge in [-0.25, -0.2) is 4.79 Å². The number of carboxylic acid groups (broad SMARTS) is 1. The summed E-state index contributed by atoms with van der Waals surface area (Å²) in [6.07, 6.45) is -0.265. The summed E-state index contributed by atoms with van der Waals surface area (Å²) >= 11 is 0. The van der Waals surface area contributed by atoms with E-state index in [4.69, 9.17) is 9.52 Å². The quantitative estimate of drug-likeness (QED) is 0.786. The summed E-state index contributed by atoms with van der Waals surface area (Å²) in [5, 5.41) is 8.51. The third-order valence-corrected chi connectivity index (χ3v) is 2.00. The van der Waals surface area contributed by atoms with Gasteiger partial charge < -0.3 is 14.3 Å². The molecule has 0 aliphatic carbocycles. The zero-order chi connectivity index (χ0) is 11.5. The maximum Gasteiger partial charge on any atom is 0.512 e. The zero-order valence-corrected chi connectivity index (χ0v) is 8.51. The first-order valence-corrected chi connectivity index (χ1v) is 4.58. The summed E-state index contributed by atoms with van der Waals surface area (Å²) in [5.41, 5.74) is 1.77. The van der Waals surface area contributed by atoms with Crippen molar-refractivity contribution in [1.29, 1.82) is 0 Å². The van der Waals surface area contributed by atoms with Crippen LogP contribution in [0, 0.1) is 6.92 Å². The number of rotatable bonds is 2. The highest BCUT2D eigenvalue weighted by Crippen LogP contribution is 2.29. The van der Waals surface area contributed by atoms with Crippen molar-refractivity contribution in [3.8, 4) is 17.2 Å². The molecular weight excluding hydrogens is 210 g/mol. The predicted molar refractivity (Wildman–Crippen MR) is 55.3 cm³/mol. The Morgan fingerprint density at radius 1 is 1.50 bits per heavy atom. The minimum Gasteiger partial charge on any atom is -0.449 e. The van der Waals surface area contributed by atoms with Gasteiger partial charge in [-0.15, -0.1) is 0 Å². The number of hydrogen-bond acceptors (Lipinski definition) is 4. The highest BCUT2D eigenvalue weighted by Gasteiger charge is 2.15. The summed E-state index contributed by atoms with van der Waals surface area (Å²) in [4.78, 5) is 14.1. The Kier molecular flexibility index (Phi) is 2.59. The van der Waals surface area contributed by atoms with Gasteiger partial charge in [0.15, 0.2) is 12.2 Å². The SMILES string of the molecule is Cc1cccc(-c2ocnc2OC(=O)O)c1. The second-order valence-corrected chi connectivity index (χ2v) is 3.22. The summed E-state index contributed by atoms with van der Waals surface area (Å²) < 4.78 is 9.60. The number of ether oxygens (including phenoxy) is 1. The molecule has 5 nitrogen and oxygen atoms in total. The topological polar surface area (TPSA) is 72.6 Å². The number of hydrogen-bond donors (Lipinski definition) is 1. The van der Waals surface area contributed by atoms with E-state index in [1.54, 1.807) is 6.07 Å². The molecule has 0 atom stereocenters. The molecule has 82 valence electrons. The number of aromatic nitrogens is 1. The van der Waals surface area contributed by atoms with Gasteiger partial charge in [0.2, 0.25) is 0 Å². The second-order valence-electron chi connectivity index (χ2n) is 3.22. The third kappa shape index (κ3) is 2.03. The van der Waals surface area contributed by atoms with Gasteiger partial charge in [0.05, 0.1) is 0 Å². The molecule has 0 fully saturated rings. The van der Waals surface area contributed by atoms with Crippen molar-refractivity contribution in [3.63, 3.8) is 0 Å². The Labute approximate surface area is 91.3 Å². The van der Waals surface area contributed by atoms with Crippen molar-refractivity contribution in [2.75, 3.05) is 0 Å². The molecule has 1 aromatic heterocycles. The van der Waals surface area contributed by atoms with Crippen LogP contribution in [0.4, 0.5) is 4.79 Å². The van der Waals surface area contributed by atoms with Crippen LogP contribution in [0.5, 0.6) is 5.88 Å². The number of carbonyl (C=O) groups is 1.